The first-order valence-electron chi connectivity index (χ1n) is 6.19. The molecule has 1 N–H and O–H groups in total. The van der Waals surface area contributed by atoms with Crippen molar-refractivity contribution >= 4 is 11.5 Å². The van der Waals surface area contributed by atoms with E-state index < -0.39 is 0 Å². The Labute approximate surface area is 107 Å². The molecule has 3 rings (SSSR count). The Kier molecular flexibility index (Phi) is 2.63. The topological polar surface area (TPSA) is 29.1 Å². The highest BCUT2D eigenvalue weighted by molar-refractivity contribution is 6.03. The molecule has 2 heteroatoms. The number of anilines is 1. The maximum atomic E-state index is 12.5. The molecule has 0 bridgehead atoms. The average Bonchev–Trinajstić information content (AvgIpc) is 2.82. The van der Waals surface area contributed by atoms with Crippen LogP contribution in [-0.4, -0.2) is 12.3 Å². The Bertz CT molecular complexity index is 604. The summed E-state index contributed by atoms with van der Waals surface area (Å²) in [5, 5.41) is 3.29. The van der Waals surface area contributed by atoms with Crippen LogP contribution in [0.5, 0.6) is 0 Å². The van der Waals surface area contributed by atoms with Gasteiger partial charge in [0.05, 0.1) is 5.92 Å². The van der Waals surface area contributed by atoms with E-state index >= 15 is 0 Å². The van der Waals surface area contributed by atoms with Crippen molar-refractivity contribution in [3.63, 3.8) is 0 Å². The summed E-state index contributed by atoms with van der Waals surface area (Å²) in [5.41, 5.74) is 4.13. The fourth-order valence-corrected chi connectivity index (χ4v) is 2.52. The third-order valence-corrected chi connectivity index (χ3v) is 3.45. The number of aryl methyl sites for hydroxylation is 1. The fourth-order valence-electron chi connectivity index (χ4n) is 2.52. The quantitative estimate of drug-likeness (QED) is 0.811. The van der Waals surface area contributed by atoms with Gasteiger partial charge in [-0.1, -0.05) is 42.0 Å². The van der Waals surface area contributed by atoms with Gasteiger partial charge in [0.1, 0.15) is 0 Å². The Morgan fingerprint density at radius 3 is 2.83 bits per heavy atom. The lowest BCUT2D eigenvalue weighted by Gasteiger charge is -2.09. The molecule has 1 unspecified atom stereocenters. The minimum atomic E-state index is -0.0528. The number of hydrogen-bond acceptors (Lipinski definition) is 2. The number of para-hydroxylation sites is 1. The lowest BCUT2D eigenvalue weighted by Crippen LogP contribution is -2.14. The monoisotopic (exact) mass is 237 g/mol. The van der Waals surface area contributed by atoms with Crippen LogP contribution < -0.4 is 5.32 Å². The van der Waals surface area contributed by atoms with Gasteiger partial charge in [-0.2, -0.15) is 0 Å². The number of carbonyl (C=O) groups excluding carboxylic acids is 1. The summed E-state index contributed by atoms with van der Waals surface area (Å²) in [7, 11) is 0. The van der Waals surface area contributed by atoms with Crippen LogP contribution in [0.25, 0.3) is 0 Å². The largest absolute Gasteiger partial charge is 0.384 e. The highest BCUT2D eigenvalue weighted by Gasteiger charge is 2.28. The van der Waals surface area contributed by atoms with Gasteiger partial charge in [0.15, 0.2) is 5.78 Å². The van der Waals surface area contributed by atoms with Gasteiger partial charge in [-0.25, -0.2) is 0 Å². The van der Waals surface area contributed by atoms with Crippen LogP contribution >= 0.6 is 0 Å². The molecule has 0 aromatic heterocycles. The second kappa shape index (κ2) is 4.30. The smallest absolute Gasteiger partial charge is 0.172 e. The Hall–Kier alpha value is -2.09. The predicted octanol–water partition coefficient (Wildman–Crippen LogP) is 3.39. The van der Waals surface area contributed by atoms with E-state index in [9.17, 15) is 4.79 Å². The van der Waals surface area contributed by atoms with Crippen molar-refractivity contribution in [2.75, 3.05) is 11.9 Å². The summed E-state index contributed by atoms with van der Waals surface area (Å²) in [6.07, 6.45) is 0. The molecule has 0 aliphatic carbocycles. The molecule has 0 saturated heterocycles. The average molecular weight is 237 g/mol. The molecule has 2 aromatic rings. The number of benzene rings is 2. The summed E-state index contributed by atoms with van der Waals surface area (Å²) in [4.78, 5) is 12.5. The zero-order chi connectivity index (χ0) is 12.5. The Morgan fingerprint density at radius 2 is 2.00 bits per heavy atom. The minimum Gasteiger partial charge on any atom is -0.384 e. The molecular formula is C16H15NO. The van der Waals surface area contributed by atoms with E-state index in [-0.39, 0.29) is 11.7 Å². The molecule has 18 heavy (non-hydrogen) atoms. The van der Waals surface area contributed by atoms with E-state index in [4.69, 9.17) is 0 Å². The number of nitrogens with one attached hydrogen (secondary N) is 1. The zero-order valence-electron chi connectivity index (χ0n) is 10.3. The maximum absolute atomic E-state index is 12.5. The van der Waals surface area contributed by atoms with Gasteiger partial charge >= 0.3 is 0 Å². The lowest BCUT2D eigenvalue weighted by molar-refractivity contribution is 0.0966. The van der Waals surface area contributed by atoms with Crippen LogP contribution in [-0.2, 0) is 0 Å². The molecule has 2 aromatic carbocycles. The molecule has 0 spiro atoms. The van der Waals surface area contributed by atoms with E-state index in [1.54, 1.807) is 0 Å². The van der Waals surface area contributed by atoms with Crippen molar-refractivity contribution in [2.24, 2.45) is 0 Å². The molecule has 1 heterocycles. The van der Waals surface area contributed by atoms with Crippen molar-refractivity contribution in [3.8, 4) is 0 Å². The van der Waals surface area contributed by atoms with Crippen molar-refractivity contribution in [3.05, 3.63) is 65.2 Å². The first kappa shape index (κ1) is 11.0. The Morgan fingerprint density at radius 1 is 1.17 bits per heavy atom. The van der Waals surface area contributed by atoms with Crippen LogP contribution in [0.15, 0.2) is 48.5 Å². The van der Waals surface area contributed by atoms with Gasteiger partial charge in [-0.3, -0.25) is 4.79 Å². The zero-order valence-corrected chi connectivity index (χ0v) is 10.3. The van der Waals surface area contributed by atoms with Crippen molar-refractivity contribution in [2.45, 2.75) is 12.8 Å². The van der Waals surface area contributed by atoms with E-state index in [0.717, 1.165) is 22.4 Å². The van der Waals surface area contributed by atoms with Crippen molar-refractivity contribution < 1.29 is 4.79 Å². The molecule has 1 aliphatic rings. The van der Waals surface area contributed by atoms with Crippen LogP contribution in [0.3, 0.4) is 0 Å². The van der Waals surface area contributed by atoms with E-state index in [1.807, 2.05) is 55.5 Å². The summed E-state index contributed by atoms with van der Waals surface area (Å²) in [6.45, 7) is 2.71. The third kappa shape index (κ3) is 1.80. The highest BCUT2D eigenvalue weighted by Crippen LogP contribution is 2.33. The highest BCUT2D eigenvalue weighted by atomic mass is 16.1. The summed E-state index contributed by atoms with van der Waals surface area (Å²) < 4.78 is 0. The maximum Gasteiger partial charge on any atom is 0.172 e. The van der Waals surface area contributed by atoms with Gasteiger partial charge in [-0.15, -0.1) is 0 Å². The van der Waals surface area contributed by atoms with E-state index in [1.165, 1.54) is 0 Å². The number of Topliss-reactive ketones (excluding diaryl/α,β-unsaturated/α-hetero) is 1. The SMILES string of the molecule is Cc1cccc(C(=O)C2CNc3ccccc32)c1. The Balaban J connectivity index is 1.96. The van der Waals surface area contributed by atoms with E-state index in [2.05, 4.69) is 5.32 Å². The second-order valence-corrected chi connectivity index (χ2v) is 4.75. The summed E-state index contributed by atoms with van der Waals surface area (Å²) >= 11 is 0. The number of hydrogen-bond donors (Lipinski definition) is 1. The normalized spacial score (nSPS) is 17.1. The molecule has 0 radical (unpaired) electrons. The molecule has 2 nitrogen and oxygen atoms in total. The summed E-state index contributed by atoms with van der Waals surface area (Å²) in [5.74, 6) is 0.152. The fraction of sp³-hybridized carbons (Fsp3) is 0.188. The molecule has 90 valence electrons. The minimum absolute atomic E-state index is 0.0528. The van der Waals surface area contributed by atoms with Gasteiger partial charge in [0, 0.05) is 17.8 Å². The van der Waals surface area contributed by atoms with Crippen LogP contribution in [0.4, 0.5) is 5.69 Å². The standard InChI is InChI=1S/C16H15NO/c1-11-5-4-6-12(9-11)16(18)14-10-17-15-8-3-2-7-13(14)15/h2-9,14,17H,10H2,1H3. The molecule has 1 aliphatic heterocycles. The third-order valence-electron chi connectivity index (χ3n) is 3.45. The first-order valence-corrected chi connectivity index (χ1v) is 6.19. The van der Waals surface area contributed by atoms with Crippen molar-refractivity contribution in [1.29, 1.82) is 0 Å². The molecule has 0 fully saturated rings. The van der Waals surface area contributed by atoms with Crippen LogP contribution in [0.1, 0.15) is 27.4 Å². The molecule has 1 atom stereocenters. The van der Waals surface area contributed by atoms with Gasteiger partial charge in [-0.05, 0) is 24.6 Å². The first-order chi connectivity index (χ1) is 8.75. The molecular weight excluding hydrogens is 222 g/mol. The number of ketones is 1. The van der Waals surface area contributed by atoms with Gasteiger partial charge in [0.2, 0.25) is 0 Å². The van der Waals surface area contributed by atoms with E-state index in [0.29, 0.717) is 6.54 Å². The lowest BCUT2D eigenvalue weighted by atomic mass is 9.92. The number of fused-ring (bicyclic) bond motifs is 1. The van der Waals surface area contributed by atoms with Crippen LogP contribution in [0, 0.1) is 6.92 Å². The molecule has 0 amide bonds. The van der Waals surface area contributed by atoms with Crippen molar-refractivity contribution in [1.82, 2.24) is 0 Å². The van der Waals surface area contributed by atoms with Gasteiger partial charge < -0.3 is 5.32 Å². The van der Waals surface area contributed by atoms with Gasteiger partial charge in [0.25, 0.3) is 0 Å². The summed E-state index contributed by atoms with van der Waals surface area (Å²) in [6, 6.07) is 15.9. The second-order valence-electron chi connectivity index (χ2n) is 4.75. The molecule has 0 saturated carbocycles. The van der Waals surface area contributed by atoms with Crippen LogP contribution in [0.2, 0.25) is 0 Å². The predicted molar refractivity (Wildman–Crippen MR) is 73.2 cm³/mol. The number of rotatable bonds is 2. The number of carbonyl (C=O) groups is 1.